The fourth-order valence-electron chi connectivity index (χ4n) is 0.970. The van der Waals surface area contributed by atoms with E-state index in [1.54, 1.807) is 11.8 Å². The van der Waals surface area contributed by atoms with Crippen molar-refractivity contribution in [1.82, 2.24) is 4.90 Å². The van der Waals surface area contributed by atoms with Gasteiger partial charge in [0.05, 0.1) is 0 Å². The van der Waals surface area contributed by atoms with Gasteiger partial charge in [0.2, 0.25) is 0 Å². The number of rotatable bonds is 7. The lowest BCUT2D eigenvalue weighted by Crippen LogP contribution is -2.17. The van der Waals surface area contributed by atoms with Crippen LogP contribution in [0.3, 0.4) is 0 Å². The van der Waals surface area contributed by atoms with Crippen LogP contribution in [0, 0.1) is 0 Å². The minimum Gasteiger partial charge on any atom is -0.480 e. The fourth-order valence-corrected chi connectivity index (χ4v) is 1.93. The van der Waals surface area contributed by atoms with Crippen LogP contribution in [-0.4, -0.2) is 47.6 Å². The van der Waals surface area contributed by atoms with Crippen molar-refractivity contribution >= 4 is 17.7 Å². The van der Waals surface area contributed by atoms with Gasteiger partial charge in [-0.25, -0.2) is 0 Å². The van der Waals surface area contributed by atoms with E-state index >= 15 is 0 Å². The predicted octanol–water partition coefficient (Wildman–Crippen LogP) is 1.53. The number of carboxylic acid groups (broad SMARTS) is 1. The zero-order chi connectivity index (χ0) is 10.3. The molecule has 0 bridgehead atoms. The summed E-state index contributed by atoms with van der Waals surface area (Å²) in [4.78, 5) is 12.7. The molecule has 0 aliphatic rings. The normalized spacial score (nSPS) is 13.2. The van der Waals surface area contributed by atoms with Gasteiger partial charge in [-0.05, 0) is 39.2 Å². The summed E-state index contributed by atoms with van der Waals surface area (Å²) in [6.45, 7) is 2.95. The molecule has 1 atom stereocenters. The second-order valence-electron chi connectivity index (χ2n) is 3.26. The Hall–Kier alpha value is -0.220. The van der Waals surface area contributed by atoms with E-state index < -0.39 is 5.97 Å². The lowest BCUT2D eigenvalue weighted by Gasteiger charge is -2.11. The molecule has 0 fully saturated rings. The Balaban J connectivity index is 3.44. The van der Waals surface area contributed by atoms with Crippen LogP contribution in [0.4, 0.5) is 0 Å². The third kappa shape index (κ3) is 6.90. The lowest BCUT2D eigenvalue weighted by atomic mass is 10.3. The maximum absolute atomic E-state index is 10.6. The van der Waals surface area contributed by atoms with E-state index in [-0.39, 0.29) is 5.25 Å². The zero-order valence-corrected chi connectivity index (χ0v) is 9.43. The topological polar surface area (TPSA) is 40.5 Å². The Labute approximate surface area is 84.5 Å². The van der Waals surface area contributed by atoms with Crippen molar-refractivity contribution in [3.8, 4) is 0 Å². The smallest absolute Gasteiger partial charge is 0.316 e. The Morgan fingerprint density at radius 1 is 1.54 bits per heavy atom. The molecular weight excluding hydrogens is 186 g/mol. The second-order valence-corrected chi connectivity index (χ2v) is 4.57. The summed E-state index contributed by atoms with van der Waals surface area (Å²) in [5.74, 6) is 0.251. The van der Waals surface area contributed by atoms with Crippen molar-refractivity contribution in [2.45, 2.75) is 25.0 Å². The monoisotopic (exact) mass is 205 g/mol. The molecule has 0 rings (SSSR count). The number of hydrogen-bond donors (Lipinski definition) is 1. The minimum absolute atomic E-state index is 0.220. The molecule has 1 N–H and O–H groups in total. The molecule has 0 aromatic heterocycles. The Bertz CT molecular complexity index is 151. The Morgan fingerprint density at radius 3 is 2.54 bits per heavy atom. The number of nitrogens with zero attached hydrogens (tertiary/aromatic N) is 1. The maximum atomic E-state index is 10.6. The largest absolute Gasteiger partial charge is 0.480 e. The molecule has 0 aliphatic heterocycles. The highest BCUT2D eigenvalue weighted by Crippen LogP contribution is 2.15. The van der Waals surface area contributed by atoms with E-state index in [0.29, 0.717) is 6.42 Å². The van der Waals surface area contributed by atoms with Crippen molar-refractivity contribution in [3.63, 3.8) is 0 Å². The molecule has 0 aromatic rings. The van der Waals surface area contributed by atoms with E-state index in [0.717, 1.165) is 18.7 Å². The van der Waals surface area contributed by atoms with Crippen molar-refractivity contribution in [2.75, 3.05) is 26.4 Å². The third-order valence-electron chi connectivity index (χ3n) is 1.71. The van der Waals surface area contributed by atoms with Crippen molar-refractivity contribution < 1.29 is 9.90 Å². The molecule has 4 heteroatoms. The van der Waals surface area contributed by atoms with Crippen LogP contribution in [0.1, 0.15) is 19.8 Å². The molecule has 0 saturated heterocycles. The highest BCUT2D eigenvalue weighted by atomic mass is 32.2. The van der Waals surface area contributed by atoms with E-state index in [2.05, 4.69) is 4.90 Å². The van der Waals surface area contributed by atoms with Crippen LogP contribution in [0.15, 0.2) is 0 Å². The summed E-state index contributed by atoms with van der Waals surface area (Å²) in [6, 6.07) is 0. The third-order valence-corrected chi connectivity index (χ3v) is 3.18. The average Bonchev–Trinajstić information content (AvgIpc) is 2.03. The summed E-state index contributed by atoms with van der Waals surface area (Å²) in [5, 5.41) is 8.53. The van der Waals surface area contributed by atoms with Gasteiger partial charge in [-0.2, -0.15) is 0 Å². The predicted molar refractivity (Wildman–Crippen MR) is 57.3 cm³/mol. The highest BCUT2D eigenvalue weighted by molar-refractivity contribution is 8.00. The van der Waals surface area contributed by atoms with Crippen LogP contribution < -0.4 is 0 Å². The van der Waals surface area contributed by atoms with Crippen molar-refractivity contribution in [1.29, 1.82) is 0 Å². The second kappa shape index (κ2) is 7.21. The van der Waals surface area contributed by atoms with Gasteiger partial charge >= 0.3 is 5.97 Å². The number of thioether (sulfide) groups is 1. The summed E-state index contributed by atoms with van der Waals surface area (Å²) in [7, 11) is 4.05. The summed E-state index contributed by atoms with van der Waals surface area (Å²) >= 11 is 1.55. The fraction of sp³-hybridized carbons (Fsp3) is 0.889. The molecule has 0 radical (unpaired) electrons. The van der Waals surface area contributed by atoms with Gasteiger partial charge in [-0.1, -0.05) is 6.92 Å². The molecule has 78 valence electrons. The first-order valence-electron chi connectivity index (χ1n) is 4.57. The van der Waals surface area contributed by atoms with Crippen LogP contribution in [0.25, 0.3) is 0 Å². The molecule has 1 unspecified atom stereocenters. The number of aliphatic carboxylic acids is 1. The molecule has 0 spiro atoms. The Morgan fingerprint density at radius 2 is 2.15 bits per heavy atom. The van der Waals surface area contributed by atoms with Gasteiger partial charge < -0.3 is 10.0 Å². The molecule has 0 amide bonds. The highest BCUT2D eigenvalue weighted by Gasteiger charge is 2.14. The van der Waals surface area contributed by atoms with Gasteiger partial charge in [0.25, 0.3) is 0 Å². The zero-order valence-electron chi connectivity index (χ0n) is 8.62. The first kappa shape index (κ1) is 12.8. The number of hydrogen-bond acceptors (Lipinski definition) is 3. The van der Waals surface area contributed by atoms with Crippen molar-refractivity contribution in [2.24, 2.45) is 0 Å². The average molecular weight is 205 g/mol. The SMILES string of the molecule is CCC(SCCCN(C)C)C(=O)O. The Kier molecular flexibility index (Phi) is 7.09. The van der Waals surface area contributed by atoms with Crippen LogP contribution in [0.5, 0.6) is 0 Å². The van der Waals surface area contributed by atoms with E-state index in [1.165, 1.54) is 0 Å². The first-order chi connectivity index (χ1) is 6.07. The molecule has 0 aromatic carbocycles. The van der Waals surface area contributed by atoms with E-state index in [4.69, 9.17) is 5.11 Å². The lowest BCUT2D eigenvalue weighted by molar-refractivity contribution is -0.136. The van der Waals surface area contributed by atoms with Crippen LogP contribution >= 0.6 is 11.8 Å². The molecule has 0 saturated carbocycles. The molecule has 0 aliphatic carbocycles. The number of carboxylic acids is 1. The van der Waals surface area contributed by atoms with Gasteiger partial charge in [0, 0.05) is 0 Å². The van der Waals surface area contributed by atoms with Crippen LogP contribution in [0.2, 0.25) is 0 Å². The molecular formula is C9H19NO2S. The maximum Gasteiger partial charge on any atom is 0.316 e. The van der Waals surface area contributed by atoms with Gasteiger partial charge in [0.15, 0.2) is 0 Å². The summed E-state index contributed by atoms with van der Waals surface area (Å²) in [6.07, 6.45) is 1.77. The molecule has 3 nitrogen and oxygen atoms in total. The summed E-state index contributed by atoms with van der Waals surface area (Å²) in [5.41, 5.74) is 0. The minimum atomic E-state index is -0.683. The number of carbonyl (C=O) groups is 1. The standard InChI is InChI=1S/C9H19NO2S/c1-4-8(9(11)12)13-7-5-6-10(2)3/h8H,4-7H2,1-3H3,(H,11,12). The van der Waals surface area contributed by atoms with E-state index in [9.17, 15) is 4.79 Å². The van der Waals surface area contributed by atoms with E-state index in [1.807, 2.05) is 21.0 Å². The quantitative estimate of drug-likeness (QED) is 0.640. The molecule has 13 heavy (non-hydrogen) atoms. The van der Waals surface area contributed by atoms with Crippen molar-refractivity contribution in [3.05, 3.63) is 0 Å². The summed E-state index contributed by atoms with van der Waals surface area (Å²) < 4.78 is 0. The van der Waals surface area contributed by atoms with Gasteiger partial charge in [-0.3, -0.25) is 4.79 Å². The van der Waals surface area contributed by atoms with Crippen LogP contribution in [-0.2, 0) is 4.79 Å². The first-order valence-corrected chi connectivity index (χ1v) is 5.62. The molecule has 0 heterocycles. The van der Waals surface area contributed by atoms with Gasteiger partial charge in [-0.15, -0.1) is 11.8 Å². The van der Waals surface area contributed by atoms with Gasteiger partial charge in [0.1, 0.15) is 5.25 Å².